The molecule has 0 aromatic carbocycles. The largest absolute Gasteiger partial charge is 0.417 e. The molecule has 2 aromatic heterocycles. The Bertz CT molecular complexity index is 523. The molecule has 1 N–H and O–H groups in total. The van der Waals surface area contributed by atoms with Crippen LogP contribution in [-0.2, 0) is 12.6 Å². The van der Waals surface area contributed by atoms with Gasteiger partial charge in [0.05, 0.1) is 22.3 Å². The Kier molecular flexibility index (Phi) is 4.72. The Balaban J connectivity index is 2.17. The third-order valence-electron chi connectivity index (χ3n) is 2.78. The van der Waals surface area contributed by atoms with Gasteiger partial charge in [-0.05, 0) is 18.7 Å². The molecule has 3 nitrogen and oxygen atoms in total. The zero-order valence-electron chi connectivity index (χ0n) is 10.8. The second-order valence-corrected chi connectivity index (χ2v) is 5.19. The Morgan fingerprint density at radius 1 is 1.30 bits per heavy atom. The third kappa shape index (κ3) is 3.77. The van der Waals surface area contributed by atoms with Crippen molar-refractivity contribution >= 4 is 11.3 Å². The monoisotopic (exact) mass is 301 g/mol. The average molecular weight is 301 g/mol. The van der Waals surface area contributed by atoms with Crippen LogP contribution < -0.4 is 5.32 Å². The molecule has 0 saturated heterocycles. The molecule has 2 heterocycles. The lowest BCUT2D eigenvalue weighted by molar-refractivity contribution is -0.137. The molecule has 0 aliphatic heterocycles. The van der Waals surface area contributed by atoms with Gasteiger partial charge in [-0.25, -0.2) is 4.98 Å². The van der Waals surface area contributed by atoms with Crippen LogP contribution in [0.15, 0.2) is 29.9 Å². The Labute approximate surface area is 118 Å². The van der Waals surface area contributed by atoms with Crippen molar-refractivity contribution in [1.29, 1.82) is 0 Å². The summed E-state index contributed by atoms with van der Waals surface area (Å²) in [5, 5.41) is 6.02. The van der Waals surface area contributed by atoms with Gasteiger partial charge in [-0.15, -0.1) is 11.3 Å². The third-order valence-corrected chi connectivity index (χ3v) is 3.59. The van der Waals surface area contributed by atoms with E-state index in [1.54, 1.807) is 6.20 Å². The molecular formula is C13H14F3N3S. The fourth-order valence-electron chi connectivity index (χ4n) is 1.84. The van der Waals surface area contributed by atoms with Crippen LogP contribution in [-0.4, -0.2) is 16.5 Å². The van der Waals surface area contributed by atoms with Crippen molar-refractivity contribution < 1.29 is 13.2 Å². The summed E-state index contributed by atoms with van der Waals surface area (Å²) < 4.78 is 37.5. The normalized spacial score (nSPS) is 13.4. The van der Waals surface area contributed by atoms with Crippen LogP contribution in [0.25, 0.3) is 0 Å². The average Bonchev–Trinajstić information content (AvgIpc) is 2.90. The Morgan fingerprint density at radius 2 is 2.10 bits per heavy atom. The molecule has 2 rings (SSSR count). The van der Waals surface area contributed by atoms with E-state index in [-0.39, 0.29) is 6.04 Å². The molecule has 0 spiro atoms. The second kappa shape index (κ2) is 6.32. The minimum atomic E-state index is -4.35. The number of alkyl halides is 3. The van der Waals surface area contributed by atoms with Gasteiger partial charge in [-0.3, -0.25) is 4.98 Å². The number of thiazole rings is 1. The molecule has 2 aromatic rings. The van der Waals surface area contributed by atoms with Gasteiger partial charge < -0.3 is 5.32 Å². The molecule has 0 bridgehead atoms. The second-order valence-electron chi connectivity index (χ2n) is 4.21. The number of nitrogens with one attached hydrogen (secondary N) is 1. The molecule has 0 aliphatic rings. The smallest absolute Gasteiger partial charge is 0.309 e. The first-order chi connectivity index (χ1) is 9.50. The van der Waals surface area contributed by atoms with Crippen molar-refractivity contribution in [3.05, 3.63) is 46.2 Å². The molecule has 0 amide bonds. The maximum Gasteiger partial charge on any atom is 0.417 e. The van der Waals surface area contributed by atoms with Gasteiger partial charge in [-0.1, -0.05) is 6.92 Å². The Hall–Kier alpha value is -1.47. The Morgan fingerprint density at radius 3 is 2.60 bits per heavy atom. The number of likely N-dealkylation sites (N-methyl/N-ethyl adjacent to an activating group) is 1. The highest BCUT2D eigenvalue weighted by Crippen LogP contribution is 2.29. The SMILES string of the molecule is CCNC(Cc1nccs1)c1ccc(C(F)(F)F)cn1. The summed E-state index contributed by atoms with van der Waals surface area (Å²) in [6.45, 7) is 2.65. The molecule has 1 atom stereocenters. The molecule has 0 fully saturated rings. The van der Waals surface area contributed by atoms with E-state index in [1.807, 2.05) is 12.3 Å². The van der Waals surface area contributed by atoms with Crippen LogP contribution in [0.2, 0.25) is 0 Å². The maximum absolute atomic E-state index is 12.5. The number of rotatable bonds is 5. The lowest BCUT2D eigenvalue weighted by Crippen LogP contribution is -2.24. The molecule has 7 heteroatoms. The van der Waals surface area contributed by atoms with E-state index in [0.29, 0.717) is 18.7 Å². The standard InChI is InChI=1S/C13H14F3N3S/c1-2-17-11(7-12-18-5-6-20-12)10-4-3-9(8-19-10)13(14,15)16/h3-6,8,11,17H,2,7H2,1H3. The molecule has 0 radical (unpaired) electrons. The van der Waals surface area contributed by atoms with Crippen molar-refractivity contribution in [2.24, 2.45) is 0 Å². The van der Waals surface area contributed by atoms with Crippen molar-refractivity contribution in [2.75, 3.05) is 6.54 Å². The molecule has 1 unspecified atom stereocenters. The predicted octanol–water partition coefficient (Wildman–Crippen LogP) is 3.45. The highest BCUT2D eigenvalue weighted by molar-refractivity contribution is 7.09. The van der Waals surface area contributed by atoms with E-state index in [4.69, 9.17) is 0 Å². The van der Waals surface area contributed by atoms with E-state index in [1.165, 1.54) is 17.4 Å². The van der Waals surface area contributed by atoms with Gasteiger partial charge in [0.15, 0.2) is 0 Å². The van der Waals surface area contributed by atoms with E-state index < -0.39 is 11.7 Å². The first kappa shape index (κ1) is 14.9. The topological polar surface area (TPSA) is 37.8 Å². The van der Waals surface area contributed by atoms with Crippen molar-refractivity contribution in [2.45, 2.75) is 25.6 Å². The highest BCUT2D eigenvalue weighted by Gasteiger charge is 2.31. The molecule has 108 valence electrons. The zero-order chi connectivity index (χ0) is 14.6. The predicted molar refractivity (Wildman–Crippen MR) is 71.5 cm³/mol. The number of aromatic nitrogens is 2. The van der Waals surface area contributed by atoms with Crippen LogP contribution >= 0.6 is 11.3 Å². The molecule has 20 heavy (non-hydrogen) atoms. The van der Waals surface area contributed by atoms with E-state index in [9.17, 15) is 13.2 Å². The number of nitrogens with zero attached hydrogens (tertiary/aromatic N) is 2. The number of hydrogen-bond donors (Lipinski definition) is 1. The van der Waals surface area contributed by atoms with Crippen LogP contribution in [0.4, 0.5) is 13.2 Å². The summed E-state index contributed by atoms with van der Waals surface area (Å²) in [6.07, 6.45) is -1.15. The van der Waals surface area contributed by atoms with Crippen LogP contribution in [0.1, 0.15) is 29.2 Å². The lowest BCUT2D eigenvalue weighted by atomic mass is 10.1. The van der Waals surface area contributed by atoms with Crippen molar-refractivity contribution in [3.63, 3.8) is 0 Å². The fourth-order valence-corrected chi connectivity index (χ4v) is 2.50. The lowest BCUT2D eigenvalue weighted by Gasteiger charge is -2.16. The van der Waals surface area contributed by atoms with E-state index in [0.717, 1.165) is 17.3 Å². The molecule has 0 saturated carbocycles. The van der Waals surface area contributed by atoms with Gasteiger partial charge >= 0.3 is 6.18 Å². The summed E-state index contributed by atoms with van der Waals surface area (Å²) in [4.78, 5) is 8.13. The summed E-state index contributed by atoms with van der Waals surface area (Å²) in [6, 6.07) is 2.35. The quantitative estimate of drug-likeness (QED) is 0.919. The van der Waals surface area contributed by atoms with Crippen LogP contribution in [0.5, 0.6) is 0 Å². The summed E-state index contributed by atoms with van der Waals surface area (Å²) in [5.41, 5.74) is -0.138. The minimum Gasteiger partial charge on any atom is -0.309 e. The molecule has 0 aliphatic carbocycles. The van der Waals surface area contributed by atoms with Crippen molar-refractivity contribution in [1.82, 2.24) is 15.3 Å². The summed E-state index contributed by atoms with van der Waals surface area (Å²) in [5.74, 6) is 0. The van der Waals surface area contributed by atoms with Crippen LogP contribution in [0.3, 0.4) is 0 Å². The van der Waals surface area contributed by atoms with Crippen molar-refractivity contribution in [3.8, 4) is 0 Å². The van der Waals surface area contributed by atoms with Gasteiger partial charge in [0, 0.05) is 24.2 Å². The number of hydrogen-bond acceptors (Lipinski definition) is 4. The maximum atomic E-state index is 12.5. The number of pyridine rings is 1. The van der Waals surface area contributed by atoms with Gasteiger partial charge in [0.2, 0.25) is 0 Å². The van der Waals surface area contributed by atoms with Gasteiger partial charge in [0.1, 0.15) is 0 Å². The summed E-state index contributed by atoms with van der Waals surface area (Å²) in [7, 11) is 0. The number of halogens is 3. The van der Waals surface area contributed by atoms with Crippen LogP contribution in [0, 0.1) is 0 Å². The van der Waals surface area contributed by atoms with Gasteiger partial charge in [-0.2, -0.15) is 13.2 Å². The minimum absolute atomic E-state index is 0.131. The summed E-state index contributed by atoms with van der Waals surface area (Å²) >= 11 is 1.52. The zero-order valence-corrected chi connectivity index (χ0v) is 11.6. The first-order valence-corrected chi connectivity index (χ1v) is 7.03. The highest BCUT2D eigenvalue weighted by atomic mass is 32.1. The van der Waals surface area contributed by atoms with E-state index in [2.05, 4.69) is 15.3 Å². The first-order valence-electron chi connectivity index (χ1n) is 6.15. The van der Waals surface area contributed by atoms with E-state index >= 15 is 0 Å². The molecular weight excluding hydrogens is 287 g/mol. The fraction of sp³-hybridized carbons (Fsp3) is 0.385. The van der Waals surface area contributed by atoms with Gasteiger partial charge in [0.25, 0.3) is 0 Å².